The van der Waals surface area contributed by atoms with Gasteiger partial charge in [0.15, 0.2) is 0 Å². The van der Waals surface area contributed by atoms with Crippen LogP contribution in [0, 0.1) is 0 Å². The first-order chi connectivity index (χ1) is 7.76. The van der Waals surface area contributed by atoms with E-state index < -0.39 is 0 Å². The molecule has 4 heteroatoms. The van der Waals surface area contributed by atoms with Crippen LogP contribution in [0.25, 0.3) is 0 Å². The average Bonchev–Trinajstić information content (AvgIpc) is 2.34. The van der Waals surface area contributed by atoms with Gasteiger partial charge in [-0.15, -0.1) is 0 Å². The molecule has 1 aromatic carbocycles. The lowest BCUT2D eigenvalue weighted by Gasteiger charge is -2.15. The van der Waals surface area contributed by atoms with Crippen LogP contribution in [0.1, 0.15) is 18.9 Å². The molecule has 4 N–H and O–H groups in total. The summed E-state index contributed by atoms with van der Waals surface area (Å²) in [4.78, 5) is 11.5. The lowest BCUT2D eigenvalue weighted by molar-refractivity contribution is 0.236. The van der Waals surface area contributed by atoms with Crippen LogP contribution in [0.4, 0.5) is 4.79 Å². The van der Waals surface area contributed by atoms with Gasteiger partial charge in [0.2, 0.25) is 0 Å². The Bertz CT molecular complexity index is 309. The molecule has 16 heavy (non-hydrogen) atoms. The fourth-order valence-electron chi connectivity index (χ4n) is 1.34. The third-order valence-corrected chi connectivity index (χ3v) is 2.41. The summed E-state index contributed by atoms with van der Waals surface area (Å²) in [5, 5.41) is 5.60. The number of benzene rings is 1. The van der Waals surface area contributed by atoms with Crippen molar-refractivity contribution in [1.29, 1.82) is 0 Å². The van der Waals surface area contributed by atoms with Crippen LogP contribution in [0.2, 0.25) is 0 Å². The van der Waals surface area contributed by atoms with Gasteiger partial charge in [0, 0.05) is 19.1 Å². The van der Waals surface area contributed by atoms with E-state index in [1.54, 1.807) is 0 Å². The third-order valence-electron chi connectivity index (χ3n) is 2.41. The van der Waals surface area contributed by atoms with Crippen LogP contribution in [-0.2, 0) is 6.54 Å². The molecule has 0 saturated carbocycles. The number of amides is 2. The predicted octanol–water partition coefficient (Wildman–Crippen LogP) is 1.22. The summed E-state index contributed by atoms with van der Waals surface area (Å²) >= 11 is 0. The Hall–Kier alpha value is -1.55. The molecule has 0 aromatic heterocycles. The zero-order chi connectivity index (χ0) is 11.8. The maximum atomic E-state index is 11.5. The van der Waals surface area contributed by atoms with Gasteiger partial charge in [0.05, 0.1) is 0 Å². The number of urea groups is 1. The SMILES string of the molecule is CCC(CN)NC(=O)NCc1ccccc1. The first-order valence-corrected chi connectivity index (χ1v) is 5.54. The molecular formula is C12H19N3O. The highest BCUT2D eigenvalue weighted by Crippen LogP contribution is 1.97. The zero-order valence-corrected chi connectivity index (χ0v) is 9.57. The molecule has 0 saturated heterocycles. The molecule has 2 amide bonds. The fourth-order valence-corrected chi connectivity index (χ4v) is 1.34. The van der Waals surface area contributed by atoms with Gasteiger partial charge in [-0.05, 0) is 12.0 Å². The van der Waals surface area contributed by atoms with E-state index >= 15 is 0 Å². The van der Waals surface area contributed by atoms with Crippen molar-refractivity contribution in [1.82, 2.24) is 10.6 Å². The molecule has 0 aliphatic carbocycles. The number of carbonyl (C=O) groups is 1. The van der Waals surface area contributed by atoms with Gasteiger partial charge in [-0.2, -0.15) is 0 Å². The van der Waals surface area contributed by atoms with E-state index in [0.717, 1.165) is 12.0 Å². The highest BCUT2D eigenvalue weighted by molar-refractivity contribution is 5.74. The first kappa shape index (κ1) is 12.5. The van der Waals surface area contributed by atoms with Crippen molar-refractivity contribution >= 4 is 6.03 Å². The minimum absolute atomic E-state index is 0.0516. The van der Waals surface area contributed by atoms with Crippen molar-refractivity contribution in [2.24, 2.45) is 5.73 Å². The normalized spacial score (nSPS) is 11.9. The minimum Gasteiger partial charge on any atom is -0.334 e. The summed E-state index contributed by atoms with van der Waals surface area (Å²) < 4.78 is 0. The van der Waals surface area contributed by atoms with Crippen LogP contribution in [0.15, 0.2) is 30.3 Å². The van der Waals surface area contributed by atoms with E-state index in [9.17, 15) is 4.79 Å². The molecule has 0 radical (unpaired) electrons. The summed E-state index contributed by atoms with van der Waals surface area (Å²) in [5.74, 6) is 0. The van der Waals surface area contributed by atoms with Gasteiger partial charge < -0.3 is 16.4 Å². The Labute approximate surface area is 96.2 Å². The van der Waals surface area contributed by atoms with Gasteiger partial charge in [-0.25, -0.2) is 4.79 Å². The summed E-state index contributed by atoms with van der Waals surface area (Å²) in [6.45, 7) is 3.00. The van der Waals surface area contributed by atoms with Crippen LogP contribution >= 0.6 is 0 Å². The number of rotatable bonds is 5. The smallest absolute Gasteiger partial charge is 0.315 e. The summed E-state index contributed by atoms with van der Waals surface area (Å²) in [5.41, 5.74) is 6.58. The van der Waals surface area contributed by atoms with E-state index in [0.29, 0.717) is 13.1 Å². The first-order valence-electron chi connectivity index (χ1n) is 5.54. The lowest BCUT2D eigenvalue weighted by Crippen LogP contribution is -2.44. The molecule has 0 spiro atoms. The van der Waals surface area contributed by atoms with Crippen molar-refractivity contribution in [3.63, 3.8) is 0 Å². The second kappa shape index (κ2) is 6.85. The fraction of sp³-hybridized carbons (Fsp3) is 0.417. The minimum atomic E-state index is -0.166. The van der Waals surface area contributed by atoms with Gasteiger partial charge in [-0.3, -0.25) is 0 Å². The van der Waals surface area contributed by atoms with Crippen molar-refractivity contribution in [2.45, 2.75) is 25.9 Å². The van der Waals surface area contributed by atoms with Gasteiger partial charge in [-0.1, -0.05) is 37.3 Å². The number of nitrogens with one attached hydrogen (secondary N) is 2. The lowest BCUT2D eigenvalue weighted by atomic mass is 10.2. The van der Waals surface area contributed by atoms with Crippen LogP contribution in [-0.4, -0.2) is 18.6 Å². The molecule has 1 rings (SSSR count). The van der Waals surface area contributed by atoms with Crippen molar-refractivity contribution in [2.75, 3.05) is 6.54 Å². The van der Waals surface area contributed by atoms with Crippen molar-refractivity contribution in [3.05, 3.63) is 35.9 Å². The second-order valence-electron chi connectivity index (χ2n) is 3.65. The number of carbonyl (C=O) groups excluding carboxylic acids is 1. The van der Waals surface area contributed by atoms with Gasteiger partial charge in [0.25, 0.3) is 0 Å². The Balaban J connectivity index is 2.30. The monoisotopic (exact) mass is 221 g/mol. The Morgan fingerprint density at radius 2 is 2.06 bits per heavy atom. The summed E-state index contributed by atoms with van der Waals surface area (Å²) in [6.07, 6.45) is 0.843. The highest BCUT2D eigenvalue weighted by atomic mass is 16.2. The highest BCUT2D eigenvalue weighted by Gasteiger charge is 2.07. The summed E-state index contributed by atoms with van der Waals surface area (Å²) in [6, 6.07) is 9.68. The molecule has 1 unspecified atom stereocenters. The maximum absolute atomic E-state index is 11.5. The summed E-state index contributed by atoms with van der Waals surface area (Å²) in [7, 11) is 0. The predicted molar refractivity (Wildman–Crippen MR) is 64.9 cm³/mol. The molecule has 0 aliphatic rings. The standard InChI is InChI=1S/C12H19N3O/c1-2-11(8-13)15-12(16)14-9-10-6-4-3-5-7-10/h3-7,11H,2,8-9,13H2,1H3,(H2,14,15,16). The van der Waals surface area contributed by atoms with Crippen LogP contribution in [0.5, 0.6) is 0 Å². The van der Waals surface area contributed by atoms with Crippen LogP contribution < -0.4 is 16.4 Å². The molecule has 0 bridgehead atoms. The topological polar surface area (TPSA) is 67.1 Å². The Morgan fingerprint density at radius 1 is 1.38 bits per heavy atom. The van der Waals surface area contributed by atoms with E-state index in [1.165, 1.54) is 0 Å². The maximum Gasteiger partial charge on any atom is 0.315 e. The van der Waals surface area contributed by atoms with Crippen molar-refractivity contribution in [3.8, 4) is 0 Å². The number of nitrogens with two attached hydrogens (primary N) is 1. The number of hydrogen-bond acceptors (Lipinski definition) is 2. The largest absolute Gasteiger partial charge is 0.334 e. The quantitative estimate of drug-likeness (QED) is 0.700. The number of hydrogen-bond donors (Lipinski definition) is 3. The molecular weight excluding hydrogens is 202 g/mol. The molecule has 0 heterocycles. The Morgan fingerprint density at radius 3 is 2.62 bits per heavy atom. The second-order valence-corrected chi connectivity index (χ2v) is 3.65. The third kappa shape index (κ3) is 4.31. The van der Waals surface area contributed by atoms with Crippen LogP contribution in [0.3, 0.4) is 0 Å². The zero-order valence-electron chi connectivity index (χ0n) is 9.57. The molecule has 4 nitrogen and oxygen atoms in total. The molecule has 88 valence electrons. The molecule has 1 aromatic rings. The Kier molecular flexibility index (Phi) is 5.36. The molecule has 0 fully saturated rings. The van der Waals surface area contributed by atoms with E-state index in [4.69, 9.17) is 5.73 Å². The average molecular weight is 221 g/mol. The molecule has 0 aliphatic heterocycles. The van der Waals surface area contributed by atoms with E-state index in [2.05, 4.69) is 10.6 Å². The van der Waals surface area contributed by atoms with Gasteiger partial charge >= 0.3 is 6.03 Å². The van der Waals surface area contributed by atoms with Gasteiger partial charge in [0.1, 0.15) is 0 Å². The van der Waals surface area contributed by atoms with E-state index in [-0.39, 0.29) is 12.1 Å². The van der Waals surface area contributed by atoms with Crippen molar-refractivity contribution < 1.29 is 4.79 Å². The van der Waals surface area contributed by atoms with E-state index in [1.807, 2.05) is 37.3 Å². The molecule has 1 atom stereocenters.